The summed E-state index contributed by atoms with van der Waals surface area (Å²) in [6.07, 6.45) is -0.329. The van der Waals surface area contributed by atoms with Gasteiger partial charge in [-0.15, -0.1) is 0 Å². The van der Waals surface area contributed by atoms with Crippen molar-refractivity contribution in [1.82, 2.24) is 5.32 Å². The molecule has 1 aromatic rings. The normalized spacial score (nSPS) is 15.5. The van der Waals surface area contributed by atoms with E-state index in [1.807, 2.05) is 51.1 Å². The second-order valence-electron chi connectivity index (χ2n) is 6.55. The van der Waals surface area contributed by atoms with Crippen LogP contribution in [0.2, 0.25) is 0 Å². The Bertz CT molecular complexity index is 525. The quantitative estimate of drug-likeness (QED) is 0.703. The van der Waals surface area contributed by atoms with Crippen LogP contribution in [0, 0.1) is 0 Å². The minimum Gasteiger partial charge on any atom is -0.480 e. The zero-order valence-electron chi connectivity index (χ0n) is 14.1. The third-order valence-corrected chi connectivity index (χ3v) is 3.25. The Hall–Kier alpha value is -1.92. The molecule has 1 rings (SSSR count). The Morgan fingerprint density at radius 3 is 2.30 bits per heavy atom. The van der Waals surface area contributed by atoms with Crippen LogP contribution in [-0.2, 0) is 20.7 Å². The standard InChI is InChI=1S/C17H26N2O4/c1-11(23-17(2,3)4)14(18)15(20)19-13(16(21)22)10-12-8-6-5-7-9-12/h5-9,11,13-14H,10,18H2,1-4H3,(H,19,20)(H,21,22)/t11-,13+,14+/m1/s1. The van der Waals surface area contributed by atoms with Gasteiger partial charge in [0.15, 0.2) is 0 Å². The fourth-order valence-corrected chi connectivity index (χ4v) is 2.16. The molecule has 1 amide bonds. The zero-order valence-corrected chi connectivity index (χ0v) is 14.1. The van der Waals surface area contributed by atoms with Gasteiger partial charge in [0.25, 0.3) is 0 Å². The van der Waals surface area contributed by atoms with Crippen LogP contribution in [0.15, 0.2) is 30.3 Å². The van der Waals surface area contributed by atoms with Crippen LogP contribution in [0.1, 0.15) is 33.3 Å². The second-order valence-corrected chi connectivity index (χ2v) is 6.55. The molecule has 1 aromatic carbocycles. The Kier molecular flexibility index (Phi) is 6.72. The number of aliphatic carboxylic acids is 1. The van der Waals surface area contributed by atoms with Crippen molar-refractivity contribution in [1.29, 1.82) is 0 Å². The van der Waals surface area contributed by atoms with Crippen molar-refractivity contribution in [2.45, 2.75) is 57.9 Å². The van der Waals surface area contributed by atoms with E-state index in [9.17, 15) is 14.7 Å². The fourth-order valence-electron chi connectivity index (χ4n) is 2.16. The molecule has 3 atom stereocenters. The molecule has 0 aliphatic rings. The average molecular weight is 322 g/mol. The van der Waals surface area contributed by atoms with Crippen molar-refractivity contribution in [3.05, 3.63) is 35.9 Å². The molecule has 0 aromatic heterocycles. The van der Waals surface area contributed by atoms with Crippen molar-refractivity contribution in [2.24, 2.45) is 5.73 Å². The molecule has 0 saturated heterocycles. The smallest absolute Gasteiger partial charge is 0.326 e. The third kappa shape index (κ3) is 6.80. The summed E-state index contributed by atoms with van der Waals surface area (Å²) in [6.45, 7) is 7.29. The number of hydrogen-bond acceptors (Lipinski definition) is 4. The van der Waals surface area contributed by atoms with Gasteiger partial charge in [0.2, 0.25) is 5.91 Å². The summed E-state index contributed by atoms with van der Waals surface area (Å²) in [5.74, 6) is -1.64. The van der Waals surface area contributed by atoms with Crippen LogP contribution < -0.4 is 11.1 Å². The fraction of sp³-hybridized carbons (Fsp3) is 0.529. The maximum absolute atomic E-state index is 12.2. The summed E-state index contributed by atoms with van der Waals surface area (Å²) < 4.78 is 5.65. The van der Waals surface area contributed by atoms with E-state index >= 15 is 0 Å². The van der Waals surface area contributed by atoms with Crippen LogP contribution in [0.25, 0.3) is 0 Å². The molecular weight excluding hydrogens is 296 g/mol. The van der Waals surface area contributed by atoms with Gasteiger partial charge in [0.1, 0.15) is 12.1 Å². The highest BCUT2D eigenvalue weighted by Crippen LogP contribution is 2.12. The highest BCUT2D eigenvalue weighted by molar-refractivity contribution is 5.87. The lowest BCUT2D eigenvalue weighted by Crippen LogP contribution is -2.54. The van der Waals surface area contributed by atoms with Crippen LogP contribution >= 0.6 is 0 Å². The molecule has 0 aliphatic heterocycles. The molecule has 6 heteroatoms. The number of amides is 1. The molecule has 6 nitrogen and oxygen atoms in total. The van der Waals surface area contributed by atoms with E-state index in [-0.39, 0.29) is 6.42 Å². The topological polar surface area (TPSA) is 102 Å². The monoisotopic (exact) mass is 322 g/mol. The van der Waals surface area contributed by atoms with Crippen molar-refractivity contribution in [3.8, 4) is 0 Å². The number of ether oxygens (including phenoxy) is 1. The second kappa shape index (κ2) is 8.08. The van der Waals surface area contributed by atoms with Crippen LogP contribution in [0.5, 0.6) is 0 Å². The molecular formula is C17H26N2O4. The van der Waals surface area contributed by atoms with Crippen molar-refractivity contribution >= 4 is 11.9 Å². The lowest BCUT2D eigenvalue weighted by molar-refractivity contribution is -0.143. The van der Waals surface area contributed by atoms with Crippen LogP contribution in [-0.4, -0.2) is 40.8 Å². The van der Waals surface area contributed by atoms with Crippen molar-refractivity contribution in [2.75, 3.05) is 0 Å². The van der Waals surface area contributed by atoms with E-state index in [0.717, 1.165) is 5.56 Å². The first-order valence-electron chi connectivity index (χ1n) is 7.60. The summed E-state index contributed by atoms with van der Waals surface area (Å²) in [7, 11) is 0. The van der Waals surface area contributed by atoms with E-state index in [1.165, 1.54) is 0 Å². The van der Waals surface area contributed by atoms with E-state index in [0.29, 0.717) is 0 Å². The Balaban J connectivity index is 2.69. The van der Waals surface area contributed by atoms with E-state index in [4.69, 9.17) is 10.5 Å². The first-order chi connectivity index (χ1) is 10.6. The van der Waals surface area contributed by atoms with Crippen molar-refractivity contribution in [3.63, 3.8) is 0 Å². The van der Waals surface area contributed by atoms with Gasteiger partial charge >= 0.3 is 5.97 Å². The Morgan fingerprint density at radius 2 is 1.83 bits per heavy atom. The van der Waals surface area contributed by atoms with Gasteiger partial charge in [0, 0.05) is 6.42 Å². The summed E-state index contributed by atoms with van der Waals surface area (Å²) in [5.41, 5.74) is 6.27. The van der Waals surface area contributed by atoms with E-state index < -0.39 is 35.7 Å². The van der Waals surface area contributed by atoms with Crippen LogP contribution in [0.4, 0.5) is 0 Å². The molecule has 0 radical (unpaired) electrons. The highest BCUT2D eigenvalue weighted by Gasteiger charge is 2.29. The summed E-state index contributed by atoms with van der Waals surface area (Å²) in [4.78, 5) is 23.6. The Morgan fingerprint density at radius 1 is 1.26 bits per heavy atom. The molecule has 128 valence electrons. The van der Waals surface area contributed by atoms with Gasteiger partial charge in [-0.05, 0) is 33.3 Å². The van der Waals surface area contributed by atoms with Gasteiger partial charge in [0.05, 0.1) is 11.7 Å². The van der Waals surface area contributed by atoms with Crippen molar-refractivity contribution < 1.29 is 19.4 Å². The molecule has 4 N–H and O–H groups in total. The van der Waals surface area contributed by atoms with E-state index in [2.05, 4.69) is 5.32 Å². The Labute approximate surface area is 137 Å². The van der Waals surface area contributed by atoms with Gasteiger partial charge < -0.3 is 20.9 Å². The molecule has 0 unspecified atom stereocenters. The number of rotatable bonds is 7. The molecule has 0 saturated carbocycles. The lowest BCUT2D eigenvalue weighted by atomic mass is 10.0. The molecule has 0 aliphatic carbocycles. The maximum atomic E-state index is 12.2. The first-order valence-corrected chi connectivity index (χ1v) is 7.60. The predicted octanol–water partition coefficient (Wildman–Crippen LogP) is 1.33. The largest absolute Gasteiger partial charge is 0.480 e. The molecule has 0 spiro atoms. The van der Waals surface area contributed by atoms with Gasteiger partial charge in [-0.3, -0.25) is 4.79 Å². The molecule has 23 heavy (non-hydrogen) atoms. The number of benzene rings is 1. The number of carboxylic acid groups (broad SMARTS) is 1. The molecule has 0 heterocycles. The van der Waals surface area contributed by atoms with E-state index in [1.54, 1.807) is 6.92 Å². The van der Waals surface area contributed by atoms with Gasteiger partial charge in [-0.1, -0.05) is 30.3 Å². The summed E-state index contributed by atoms with van der Waals surface area (Å²) in [5, 5.41) is 11.8. The third-order valence-electron chi connectivity index (χ3n) is 3.25. The summed E-state index contributed by atoms with van der Waals surface area (Å²) >= 11 is 0. The van der Waals surface area contributed by atoms with Crippen LogP contribution in [0.3, 0.4) is 0 Å². The number of nitrogens with one attached hydrogen (secondary N) is 1. The minimum absolute atomic E-state index is 0.198. The number of carbonyl (C=O) groups is 2. The van der Waals surface area contributed by atoms with Gasteiger partial charge in [-0.2, -0.15) is 0 Å². The number of nitrogens with two attached hydrogens (primary N) is 1. The minimum atomic E-state index is -1.10. The molecule has 0 bridgehead atoms. The zero-order chi connectivity index (χ0) is 17.6. The maximum Gasteiger partial charge on any atom is 0.326 e. The summed E-state index contributed by atoms with van der Waals surface area (Å²) in [6, 6.07) is 7.15. The highest BCUT2D eigenvalue weighted by atomic mass is 16.5. The lowest BCUT2D eigenvalue weighted by Gasteiger charge is -2.29. The first kappa shape index (κ1) is 19.1. The van der Waals surface area contributed by atoms with Gasteiger partial charge in [-0.25, -0.2) is 4.79 Å². The number of hydrogen-bond donors (Lipinski definition) is 3. The predicted molar refractivity (Wildman–Crippen MR) is 88.0 cm³/mol. The SMILES string of the molecule is C[C@@H](OC(C)(C)C)[C@H](N)C(=O)N[C@@H](Cc1ccccc1)C(=O)O. The molecule has 0 fully saturated rings. The number of carboxylic acids is 1. The average Bonchev–Trinajstić information content (AvgIpc) is 2.44. The number of carbonyl (C=O) groups excluding carboxylic acids is 1.